The van der Waals surface area contributed by atoms with E-state index >= 15 is 0 Å². The number of aromatic nitrogens is 2. The Balaban J connectivity index is 1.97. The summed E-state index contributed by atoms with van der Waals surface area (Å²) in [6, 6.07) is 5.69. The lowest BCUT2D eigenvalue weighted by Gasteiger charge is -2.10. The van der Waals surface area contributed by atoms with Crippen LogP contribution in [0.5, 0.6) is 0 Å². The van der Waals surface area contributed by atoms with Crippen LogP contribution in [0.2, 0.25) is 0 Å². The SMILES string of the molecule is CCCNc1ccc(C(=O)NCc2ncc[nH]2)cc1C. The molecular formula is C15H20N4O. The number of carbonyl (C=O) groups is 1. The maximum Gasteiger partial charge on any atom is 0.251 e. The number of amides is 1. The summed E-state index contributed by atoms with van der Waals surface area (Å²) in [6.45, 7) is 5.46. The molecule has 5 heteroatoms. The summed E-state index contributed by atoms with van der Waals surface area (Å²) in [5.41, 5.74) is 2.81. The molecule has 0 saturated heterocycles. The Morgan fingerprint density at radius 2 is 2.25 bits per heavy atom. The number of carbonyl (C=O) groups excluding carboxylic acids is 1. The zero-order valence-corrected chi connectivity index (χ0v) is 11.9. The molecule has 3 N–H and O–H groups in total. The van der Waals surface area contributed by atoms with Gasteiger partial charge in [0.2, 0.25) is 0 Å². The molecule has 1 aromatic heterocycles. The van der Waals surface area contributed by atoms with Crippen LogP contribution in [-0.2, 0) is 6.54 Å². The van der Waals surface area contributed by atoms with Gasteiger partial charge in [-0.05, 0) is 37.1 Å². The van der Waals surface area contributed by atoms with Crippen molar-refractivity contribution in [1.29, 1.82) is 0 Å². The number of anilines is 1. The third kappa shape index (κ3) is 3.60. The molecule has 5 nitrogen and oxygen atoms in total. The number of benzene rings is 1. The highest BCUT2D eigenvalue weighted by Gasteiger charge is 2.08. The van der Waals surface area contributed by atoms with Crippen molar-refractivity contribution in [2.24, 2.45) is 0 Å². The van der Waals surface area contributed by atoms with Crippen LogP contribution in [0.25, 0.3) is 0 Å². The van der Waals surface area contributed by atoms with Gasteiger partial charge in [0, 0.05) is 30.2 Å². The molecule has 0 spiro atoms. The molecule has 0 fully saturated rings. The molecule has 1 aromatic carbocycles. The Kier molecular flexibility index (Phi) is 4.76. The first-order chi connectivity index (χ1) is 9.70. The number of nitrogens with one attached hydrogen (secondary N) is 3. The predicted molar refractivity (Wildman–Crippen MR) is 79.7 cm³/mol. The van der Waals surface area contributed by atoms with Gasteiger partial charge in [-0.1, -0.05) is 6.92 Å². The maximum absolute atomic E-state index is 12.0. The van der Waals surface area contributed by atoms with Crippen LogP contribution < -0.4 is 10.6 Å². The van der Waals surface area contributed by atoms with Gasteiger partial charge >= 0.3 is 0 Å². The average molecular weight is 272 g/mol. The fourth-order valence-corrected chi connectivity index (χ4v) is 1.92. The van der Waals surface area contributed by atoms with E-state index in [1.165, 1.54) is 0 Å². The van der Waals surface area contributed by atoms with Crippen molar-refractivity contribution in [3.05, 3.63) is 47.5 Å². The molecule has 2 aromatic rings. The van der Waals surface area contributed by atoms with Crippen LogP contribution >= 0.6 is 0 Å². The lowest BCUT2D eigenvalue weighted by Crippen LogP contribution is -2.23. The first-order valence-electron chi connectivity index (χ1n) is 6.81. The molecule has 0 atom stereocenters. The second-order valence-corrected chi connectivity index (χ2v) is 4.68. The monoisotopic (exact) mass is 272 g/mol. The molecule has 0 saturated carbocycles. The van der Waals surface area contributed by atoms with E-state index in [4.69, 9.17) is 0 Å². The Morgan fingerprint density at radius 1 is 1.40 bits per heavy atom. The fraction of sp³-hybridized carbons (Fsp3) is 0.333. The third-order valence-corrected chi connectivity index (χ3v) is 3.03. The highest BCUT2D eigenvalue weighted by molar-refractivity contribution is 5.94. The van der Waals surface area contributed by atoms with Gasteiger partial charge < -0.3 is 15.6 Å². The summed E-state index contributed by atoms with van der Waals surface area (Å²) >= 11 is 0. The van der Waals surface area contributed by atoms with E-state index in [0.29, 0.717) is 12.1 Å². The van der Waals surface area contributed by atoms with Gasteiger partial charge in [0.05, 0.1) is 6.54 Å². The number of aromatic amines is 1. The molecule has 0 radical (unpaired) electrons. The molecule has 0 aliphatic rings. The maximum atomic E-state index is 12.0. The number of hydrogen-bond donors (Lipinski definition) is 3. The van der Waals surface area contributed by atoms with Crippen LogP contribution in [0.15, 0.2) is 30.6 Å². The van der Waals surface area contributed by atoms with Gasteiger partial charge in [-0.15, -0.1) is 0 Å². The Bertz CT molecular complexity index is 563. The molecular weight excluding hydrogens is 252 g/mol. The summed E-state index contributed by atoms with van der Waals surface area (Å²) in [4.78, 5) is 19.1. The number of H-pyrrole nitrogens is 1. The normalized spacial score (nSPS) is 10.3. The minimum absolute atomic E-state index is 0.0912. The molecule has 2 rings (SSSR count). The van der Waals surface area contributed by atoms with Crippen molar-refractivity contribution in [3.8, 4) is 0 Å². The van der Waals surface area contributed by atoms with Gasteiger partial charge in [0.25, 0.3) is 5.91 Å². The van der Waals surface area contributed by atoms with Crippen LogP contribution in [0.4, 0.5) is 5.69 Å². The number of nitrogens with zero attached hydrogens (tertiary/aromatic N) is 1. The molecule has 1 amide bonds. The Morgan fingerprint density at radius 3 is 2.90 bits per heavy atom. The fourth-order valence-electron chi connectivity index (χ4n) is 1.92. The lowest BCUT2D eigenvalue weighted by molar-refractivity contribution is 0.0950. The second-order valence-electron chi connectivity index (χ2n) is 4.68. The zero-order valence-electron chi connectivity index (χ0n) is 11.9. The van der Waals surface area contributed by atoms with Gasteiger partial charge in [-0.3, -0.25) is 4.79 Å². The van der Waals surface area contributed by atoms with E-state index in [1.54, 1.807) is 12.4 Å². The molecule has 0 aliphatic heterocycles. The molecule has 0 aliphatic carbocycles. The highest BCUT2D eigenvalue weighted by Crippen LogP contribution is 2.16. The first-order valence-corrected chi connectivity index (χ1v) is 6.81. The third-order valence-electron chi connectivity index (χ3n) is 3.03. The zero-order chi connectivity index (χ0) is 14.4. The topological polar surface area (TPSA) is 69.8 Å². The van der Waals surface area contributed by atoms with E-state index in [0.717, 1.165) is 30.0 Å². The van der Waals surface area contributed by atoms with Gasteiger partial charge in [-0.2, -0.15) is 0 Å². The molecule has 0 unspecified atom stereocenters. The number of imidazole rings is 1. The van der Waals surface area contributed by atoms with Gasteiger partial charge in [0.15, 0.2) is 0 Å². The van der Waals surface area contributed by atoms with Crippen molar-refractivity contribution in [2.75, 3.05) is 11.9 Å². The standard InChI is InChI=1S/C15H20N4O/c1-3-6-16-13-5-4-12(9-11(13)2)15(20)19-10-14-17-7-8-18-14/h4-5,7-9,16H,3,6,10H2,1-2H3,(H,17,18)(H,19,20). The van der Waals surface area contributed by atoms with Crippen molar-refractivity contribution >= 4 is 11.6 Å². The predicted octanol–water partition coefficient (Wildman–Crippen LogP) is 2.47. The largest absolute Gasteiger partial charge is 0.385 e. The van der Waals surface area contributed by atoms with Crippen molar-refractivity contribution in [1.82, 2.24) is 15.3 Å². The van der Waals surface area contributed by atoms with Crippen LogP contribution in [0.3, 0.4) is 0 Å². The number of aryl methyl sites for hydroxylation is 1. The molecule has 1 heterocycles. The van der Waals surface area contributed by atoms with Crippen molar-refractivity contribution < 1.29 is 4.79 Å². The van der Waals surface area contributed by atoms with E-state index in [2.05, 4.69) is 27.5 Å². The average Bonchev–Trinajstić information content (AvgIpc) is 2.96. The molecule has 106 valence electrons. The minimum Gasteiger partial charge on any atom is -0.385 e. The first kappa shape index (κ1) is 14.1. The highest BCUT2D eigenvalue weighted by atomic mass is 16.1. The van der Waals surface area contributed by atoms with Gasteiger partial charge in [-0.25, -0.2) is 4.98 Å². The summed E-state index contributed by atoms with van der Waals surface area (Å²) in [5.74, 6) is 0.655. The Labute approximate surface area is 118 Å². The smallest absolute Gasteiger partial charge is 0.251 e. The lowest BCUT2D eigenvalue weighted by atomic mass is 10.1. The number of rotatable bonds is 6. The quantitative estimate of drug-likeness (QED) is 0.756. The summed E-state index contributed by atoms with van der Waals surface area (Å²) < 4.78 is 0. The van der Waals surface area contributed by atoms with E-state index in [9.17, 15) is 4.79 Å². The molecule has 20 heavy (non-hydrogen) atoms. The Hall–Kier alpha value is -2.30. The summed E-state index contributed by atoms with van der Waals surface area (Å²) in [5, 5.41) is 6.17. The van der Waals surface area contributed by atoms with Crippen LogP contribution in [0, 0.1) is 6.92 Å². The van der Waals surface area contributed by atoms with E-state index in [1.807, 2.05) is 25.1 Å². The number of hydrogen-bond acceptors (Lipinski definition) is 3. The summed E-state index contributed by atoms with van der Waals surface area (Å²) in [6.07, 6.45) is 4.48. The molecule has 0 bridgehead atoms. The van der Waals surface area contributed by atoms with Crippen LogP contribution in [-0.4, -0.2) is 22.4 Å². The van der Waals surface area contributed by atoms with Crippen LogP contribution in [0.1, 0.15) is 35.1 Å². The van der Waals surface area contributed by atoms with Crippen molar-refractivity contribution in [3.63, 3.8) is 0 Å². The van der Waals surface area contributed by atoms with Gasteiger partial charge in [0.1, 0.15) is 5.82 Å². The minimum atomic E-state index is -0.0912. The second kappa shape index (κ2) is 6.75. The van der Waals surface area contributed by atoms with E-state index in [-0.39, 0.29) is 5.91 Å². The van der Waals surface area contributed by atoms with Crippen molar-refractivity contribution in [2.45, 2.75) is 26.8 Å². The summed E-state index contributed by atoms with van der Waals surface area (Å²) in [7, 11) is 0. The van der Waals surface area contributed by atoms with E-state index < -0.39 is 0 Å².